The van der Waals surface area contributed by atoms with Crippen molar-refractivity contribution in [3.05, 3.63) is 65.4 Å². The molecule has 0 radical (unpaired) electrons. The standard InChI is InChI=1S/C19H18FN3O2/c1-2-13-3-4-14(9-17(13)20)18-10-15(12-25-18)19(24)22-7-8-23-16(11-22)5-6-21-23/h3-6,9-10,12H,2,7-8,11H2,1H3. The maximum absolute atomic E-state index is 14.0. The molecule has 25 heavy (non-hydrogen) atoms. The number of hydrogen-bond donors (Lipinski definition) is 0. The van der Waals surface area contributed by atoms with Gasteiger partial charge in [-0.1, -0.05) is 19.1 Å². The number of nitrogens with zero attached hydrogens (tertiary/aromatic N) is 3. The molecule has 1 amide bonds. The van der Waals surface area contributed by atoms with Gasteiger partial charge < -0.3 is 9.32 Å². The summed E-state index contributed by atoms with van der Waals surface area (Å²) in [5, 5.41) is 4.21. The van der Waals surface area contributed by atoms with Crippen LogP contribution >= 0.6 is 0 Å². The fourth-order valence-electron chi connectivity index (χ4n) is 3.13. The number of aromatic nitrogens is 2. The summed E-state index contributed by atoms with van der Waals surface area (Å²) in [5.41, 5.74) is 2.78. The molecule has 1 aliphatic rings. The highest BCUT2D eigenvalue weighted by Crippen LogP contribution is 2.26. The van der Waals surface area contributed by atoms with Gasteiger partial charge in [-0.15, -0.1) is 0 Å². The molecular weight excluding hydrogens is 321 g/mol. The third-order valence-corrected chi connectivity index (χ3v) is 4.59. The number of halogens is 1. The van der Waals surface area contributed by atoms with Crippen LogP contribution in [0.2, 0.25) is 0 Å². The summed E-state index contributed by atoms with van der Waals surface area (Å²) in [4.78, 5) is 14.5. The molecule has 4 rings (SSSR count). The maximum atomic E-state index is 14.0. The van der Waals surface area contributed by atoms with Gasteiger partial charge in [-0.25, -0.2) is 4.39 Å². The van der Waals surface area contributed by atoms with Crippen LogP contribution in [0.15, 0.2) is 47.2 Å². The van der Waals surface area contributed by atoms with Crippen molar-refractivity contribution in [3.63, 3.8) is 0 Å². The molecule has 3 aromatic rings. The second kappa shape index (κ2) is 6.20. The summed E-state index contributed by atoms with van der Waals surface area (Å²) in [5.74, 6) is 0.147. The molecule has 1 aromatic carbocycles. The molecule has 0 bridgehead atoms. The Kier molecular flexibility index (Phi) is 3.87. The van der Waals surface area contributed by atoms with Gasteiger partial charge in [0.25, 0.3) is 5.91 Å². The zero-order chi connectivity index (χ0) is 17.4. The number of carbonyl (C=O) groups excluding carboxylic acids is 1. The van der Waals surface area contributed by atoms with Crippen molar-refractivity contribution in [2.45, 2.75) is 26.4 Å². The van der Waals surface area contributed by atoms with E-state index in [0.717, 1.165) is 5.69 Å². The van der Waals surface area contributed by atoms with Crippen molar-refractivity contribution in [1.29, 1.82) is 0 Å². The van der Waals surface area contributed by atoms with Gasteiger partial charge in [0, 0.05) is 18.3 Å². The Balaban J connectivity index is 1.55. The summed E-state index contributed by atoms with van der Waals surface area (Å²) in [6.45, 7) is 3.72. The molecule has 6 heteroatoms. The van der Waals surface area contributed by atoms with Crippen molar-refractivity contribution in [2.24, 2.45) is 0 Å². The lowest BCUT2D eigenvalue weighted by Crippen LogP contribution is -2.38. The summed E-state index contributed by atoms with van der Waals surface area (Å²) in [6.07, 6.45) is 3.82. The van der Waals surface area contributed by atoms with Gasteiger partial charge in [-0.05, 0) is 30.2 Å². The predicted octanol–water partition coefficient (Wildman–Crippen LogP) is 3.50. The molecule has 0 atom stereocenters. The number of furan rings is 1. The van der Waals surface area contributed by atoms with Crippen molar-refractivity contribution >= 4 is 5.91 Å². The maximum Gasteiger partial charge on any atom is 0.257 e. The average Bonchev–Trinajstić information content (AvgIpc) is 3.29. The number of rotatable bonds is 3. The molecule has 2 aromatic heterocycles. The molecule has 1 aliphatic heterocycles. The Morgan fingerprint density at radius 1 is 1.28 bits per heavy atom. The van der Waals surface area contributed by atoms with E-state index in [-0.39, 0.29) is 11.7 Å². The van der Waals surface area contributed by atoms with Crippen LogP contribution in [0.4, 0.5) is 4.39 Å². The first kappa shape index (κ1) is 15.6. The van der Waals surface area contributed by atoms with Crippen LogP contribution in [0.25, 0.3) is 11.3 Å². The van der Waals surface area contributed by atoms with Gasteiger partial charge in [-0.2, -0.15) is 5.10 Å². The molecule has 0 saturated heterocycles. The Morgan fingerprint density at radius 3 is 2.96 bits per heavy atom. The van der Waals surface area contributed by atoms with Crippen molar-refractivity contribution < 1.29 is 13.6 Å². The number of amides is 1. The normalized spacial score (nSPS) is 13.8. The van der Waals surface area contributed by atoms with Gasteiger partial charge in [0.2, 0.25) is 0 Å². The number of hydrogen-bond acceptors (Lipinski definition) is 3. The Morgan fingerprint density at radius 2 is 2.16 bits per heavy atom. The largest absolute Gasteiger partial charge is 0.464 e. The van der Waals surface area contributed by atoms with E-state index in [4.69, 9.17) is 4.42 Å². The summed E-state index contributed by atoms with van der Waals surface area (Å²) >= 11 is 0. The van der Waals surface area contributed by atoms with E-state index in [0.29, 0.717) is 48.5 Å². The van der Waals surface area contributed by atoms with E-state index < -0.39 is 0 Å². The van der Waals surface area contributed by atoms with Gasteiger partial charge in [0.1, 0.15) is 17.8 Å². The van der Waals surface area contributed by atoms with Gasteiger partial charge in [0.05, 0.1) is 24.3 Å². The van der Waals surface area contributed by atoms with E-state index in [9.17, 15) is 9.18 Å². The lowest BCUT2D eigenvalue weighted by Gasteiger charge is -2.27. The average molecular weight is 339 g/mol. The summed E-state index contributed by atoms with van der Waals surface area (Å²) < 4.78 is 21.4. The van der Waals surface area contributed by atoms with E-state index in [1.165, 1.54) is 12.3 Å². The zero-order valence-corrected chi connectivity index (χ0v) is 13.9. The third kappa shape index (κ3) is 2.84. The van der Waals surface area contributed by atoms with Crippen LogP contribution in [0.3, 0.4) is 0 Å². The van der Waals surface area contributed by atoms with Crippen LogP contribution < -0.4 is 0 Å². The SMILES string of the molecule is CCc1ccc(-c2cc(C(=O)N3CCn4nccc4C3)co2)cc1F. The fourth-order valence-corrected chi connectivity index (χ4v) is 3.13. The highest BCUT2D eigenvalue weighted by atomic mass is 19.1. The van der Waals surface area contributed by atoms with Crippen LogP contribution in [0, 0.1) is 5.82 Å². The number of fused-ring (bicyclic) bond motifs is 1. The van der Waals surface area contributed by atoms with E-state index in [2.05, 4.69) is 5.10 Å². The van der Waals surface area contributed by atoms with Gasteiger partial charge >= 0.3 is 0 Å². The summed E-state index contributed by atoms with van der Waals surface area (Å²) in [7, 11) is 0. The molecule has 0 saturated carbocycles. The van der Waals surface area contributed by atoms with Crippen LogP contribution in [0.1, 0.15) is 28.5 Å². The molecule has 0 spiro atoms. The predicted molar refractivity (Wildman–Crippen MR) is 90.4 cm³/mol. The van der Waals surface area contributed by atoms with Crippen molar-refractivity contribution in [2.75, 3.05) is 6.54 Å². The van der Waals surface area contributed by atoms with E-state index in [1.54, 1.807) is 23.2 Å². The monoisotopic (exact) mass is 339 g/mol. The molecule has 0 fully saturated rings. The van der Waals surface area contributed by atoms with Crippen LogP contribution in [-0.4, -0.2) is 27.1 Å². The molecular formula is C19H18FN3O2. The van der Waals surface area contributed by atoms with Crippen LogP contribution in [0.5, 0.6) is 0 Å². The van der Waals surface area contributed by atoms with Gasteiger partial charge in [0.15, 0.2) is 0 Å². The Hall–Kier alpha value is -2.89. The first-order valence-corrected chi connectivity index (χ1v) is 8.33. The number of aryl methyl sites for hydroxylation is 1. The summed E-state index contributed by atoms with van der Waals surface area (Å²) in [6, 6.07) is 8.60. The van der Waals surface area contributed by atoms with Crippen molar-refractivity contribution in [1.82, 2.24) is 14.7 Å². The second-order valence-corrected chi connectivity index (χ2v) is 6.13. The molecule has 128 valence electrons. The second-order valence-electron chi connectivity index (χ2n) is 6.13. The first-order chi connectivity index (χ1) is 12.2. The zero-order valence-electron chi connectivity index (χ0n) is 13.9. The van der Waals surface area contributed by atoms with Crippen molar-refractivity contribution in [3.8, 4) is 11.3 Å². The minimum atomic E-state index is -0.256. The first-order valence-electron chi connectivity index (χ1n) is 8.33. The third-order valence-electron chi connectivity index (χ3n) is 4.59. The smallest absolute Gasteiger partial charge is 0.257 e. The Bertz CT molecular complexity index is 928. The fraction of sp³-hybridized carbons (Fsp3) is 0.263. The molecule has 5 nitrogen and oxygen atoms in total. The molecule has 3 heterocycles. The van der Waals surface area contributed by atoms with Crippen LogP contribution in [-0.2, 0) is 19.5 Å². The molecule has 0 aliphatic carbocycles. The Labute approximate surface area is 144 Å². The number of benzene rings is 1. The minimum Gasteiger partial charge on any atom is -0.464 e. The minimum absolute atomic E-state index is 0.0897. The highest BCUT2D eigenvalue weighted by Gasteiger charge is 2.23. The lowest BCUT2D eigenvalue weighted by atomic mass is 10.1. The topological polar surface area (TPSA) is 51.3 Å². The highest BCUT2D eigenvalue weighted by molar-refractivity contribution is 5.95. The van der Waals surface area contributed by atoms with Gasteiger partial charge in [-0.3, -0.25) is 9.48 Å². The lowest BCUT2D eigenvalue weighted by molar-refractivity contribution is 0.0705. The van der Waals surface area contributed by atoms with E-state index >= 15 is 0 Å². The molecule has 0 unspecified atom stereocenters. The quantitative estimate of drug-likeness (QED) is 0.734. The number of carbonyl (C=O) groups is 1. The van der Waals surface area contributed by atoms with E-state index in [1.807, 2.05) is 23.7 Å². The molecule has 0 N–H and O–H groups in total.